The van der Waals surface area contributed by atoms with Crippen LogP contribution in [-0.4, -0.2) is 18.6 Å². The Morgan fingerprint density at radius 2 is 2.00 bits per heavy atom. The predicted molar refractivity (Wildman–Crippen MR) is 95.7 cm³/mol. The van der Waals surface area contributed by atoms with Crippen LogP contribution < -0.4 is 14.8 Å². The van der Waals surface area contributed by atoms with Gasteiger partial charge in [-0.05, 0) is 62.2 Å². The van der Waals surface area contributed by atoms with Crippen molar-refractivity contribution in [1.29, 1.82) is 0 Å². The molecule has 1 atom stereocenters. The van der Waals surface area contributed by atoms with Crippen LogP contribution in [0.15, 0.2) is 42.5 Å². The number of hydrogen-bond donors (Lipinski definition) is 1. The van der Waals surface area contributed by atoms with E-state index in [-0.39, 0.29) is 5.91 Å². The maximum atomic E-state index is 12.2. The first kappa shape index (κ1) is 18.1. The minimum absolute atomic E-state index is 0.176. The van der Waals surface area contributed by atoms with E-state index >= 15 is 0 Å². The molecule has 0 aliphatic heterocycles. The van der Waals surface area contributed by atoms with Gasteiger partial charge in [-0.3, -0.25) is 4.79 Å². The maximum Gasteiger partial charge on any atom is 0.261 e. The predicted octanol–water partition coefficient (Wildman–Crippen LogP) is 4.13. The molecule has 0 fully saturated rings. The van der Waals surface area contributed by atoms with Crippen molar-refractivity contribution in [2.24, 2.45) is 0 Å². The lowest BCUT2D eigenvalue weighted by atomic mass is 10.2. The van der Waals surface area contributed by atoms with Gasteiger partial charge in [-0.15, -0.1) is 0 Å². The largest absolute Gasteiger partial charge is 0.494 e. The van der Waals surface area contributed by atoms with Crippen LogP contribution in [0.5, 0.6) is 11.5 Å². The third-order valence-corrected chi connectivity index (χ3v) is 3.91. The second-order valence-corrected chi connectivity index (χ2v) is 5.88. The van der Waals surface area contributed by atoms with Crippen molar-refractivity contribution in [2.75, 3.05) is 6.61 Å². The Morgan fingerprint density at radius 1 is 1.21 bits per heavy atom. The summed E-state index contributed by atoms with van der Waals surface area (Å²) in [5.41, 5.74) is 1.89. The first-order valence-corrected chi connectivity index (χ1v) is 8.29. The van der Waals surface area contributed by atoms with E-state index in [0.29, 0.717) is 23.9 Å². The first-order valence-electron chi connectivity index (χ1n) is 7.92. The minimum atomic E-state index is -0.597. The normalized spacial score (nSPS) is 11.7. The lowest BCUT2D eigenvalue weighted by Gasteiger charge is -2.15. The number of carbonyl (C=O) groups excluding carboxylic acids is 1. The van der Waals surface area contributed by atoms with Gasteiger partial charge in [0.05, 0.1) is 6.61 Å². The monoisotopic (exact) mass is 347 g/mol. The molecule has 0 spiro atoms. The SMILES string of the molecule is CCOc1cccc(CNC(=O)[C@@H](C)Oc2ccc(Cl)c(C)c2)c1. The second kappa shape index (κ2) is 8.60. The van der Waals surface area contributed by atoms with Gasteiger partial charge in [0.2, 0.25) is 0 Å². The second-order valence-electron chi connectivity index (χ2n) is 5.47. The summed E-state index contributed by atoms with van der Waals surface area (Å²) in [6, 6.07) is 13.0. The van der Waals surface area contributed by atoms with Crippen molar-refractivity contribution in [2.45, 2.75) is 33.4 Å². The number of aryl methyl sites for hydroxylation is 1. The van der Waals surface area contributed by atoms with E-state index in [1.807, 2.05) is 44.2 Å². The zero-order valence-corrected chi connectivity index (χ0v) is 14.9. The Morgan fingerprint density at radius 3 is 2.71 bits per heavy atom. The highest BCUT2D eigenvalue weighted by Gasteiger charge is 2.14. The number of ether oxygens (including phenoxy) is 2. The molecule has 0 aromatic heterocycles. The molecular formula is C19H22ClNO3. The maximum absolute atomic E-state index is 12.2. The van der Waals surface area contributed by atoms with Crippen LogP contribution in [0.1, 0.15) is 25.0 Å². The quantitative estimate of drug-likeness (QED) is 0.819. The molecule has 128 valence electrons. The van der Waals surface area contributed by atoms with Crippen molar-refractivity contribution in [3.8, 4) is 11.5 Å². The molecule has 0 radical (unpaired) electrons. The summed E-state index contributed by atoms with van der Waals surface area (Å²) in [6.07, 6.45) is -0.597. The zero-order valence-electron chi connectivity index (χ0n) is 14.1. The minimum Gasteiger partial charge on any atom is -0.494 e. The van der Waals surface area contributed by atoms with Crippen LogP contribution in [0.25, 0.3) is 0 Å². The highest BCUT2D eigenvalue weighted by Crippen LogP contribution is 2.22. The Bertz CT molecular complexity index is 703. The molecule has 0 aliphatic rings. The van der Waals surface area contributed by atoms with E-state index in [1.54, 1.807) is 19.1 Å². The fourth-order valence-corrected chi connectivity index (χ4v) is 2.31. The van der Waals surface area contributed by atoms with Crippen LogP contribution in [0.4, 0.5) is 0 Å². The van der Waals surface area contributed by atoms with Crippen LogP contribution in [0.3, 0.4) is 0 Å². The molecule has 1 N–H and O–H groups in total. The Hall–Kier alpha value is -2.20. The van der Waals surface area contributed by atoms with Crippen molar-refractivity contribution in [3.05, 3.63) is 58.6 Å². The molecule has 4 nitrogen and oxygen atoms in total. The Kier molecular flexibility index (Phi) is 6.50. The molecule has 0 heterocycles. The molecule has 0 bridgehead atoms. The van der Waals surface area contributed by atoms with Gasteiger partial charge in [0.1, 0.15) is 11.5 Å². The van der Waals surface area contributed by atoms with Gasteiger partial charge in [-0.2, -0.15) is 0 Å². The molecule has 0 saturated carbocycles. The summed E-state index contributed by atoms with van der Waals surface area (Å²) in [5, 5.41) is 3.54. The van der Waals surface area contributed by atoms with E-state index in [1.165, 1.54) is 0 Å². The number of halogens is 1. The Balaban J connectivity index is 1.89. The van der Waals surface area contributed by atoms with E-state index in [4.69, 9.17) is 21.1 Å². The fourth-order valence-electron chi connectivity index (χ4n) is 2.19. The van der Waals surface area contributed by atoms with Gasteiger partial charge in [0.25, 0.3) is 5.91 Å². The summed E-state index contributed by atoms with van der Waals surface area (Å²) in [4.78, 5) is 12.2. The van der Waals surface area contributed by atoms with Gasteiger partial charge in [0.15, 0.2) is 6.10 Å². The summed E-state index contributed by atoms with van der Waals surface area (Å²) in [7, 11) is 0. The van der Waals surface area contributed by atoms with Crippen LogP contribution >= 0.6 is 11.6 Å². The molecule has 0 saturated heterocycles. The highest BCUT2D eigenvalue weighted by atomic mass is 35.5. The van der Waals surface area contributed by atoms with Crippen LogP contribution in [-0.2, 0) is 11.3 Å². The highest BCUT2D eigenvalue weighted by molar-refractivity contribution is 6.31. The average Bonchev–Trinajstić information content (AvgIpc) is 2.56. The Labute approximate surface area is 147 Å². The number of benzene rings is 2. The van der Waals surface area contributed by atoms with Gasteiger partial charge >= 0.3 is 0 Å². The summed E-state index contributed by atoms with van der Waals surface area (Å²) in [6.45, 7) is 6.58. The lowest BCUT2D eigenvalue weighted by Crippen LogP contribution is -2.35. The van der Waals surface area contributed by atoms with E-state index in [0.717, 1.165) is 16.9 Å². The lowest BCUT2D eigenvalue weighted by molar-refractivity contribution is -0.127. The number of carbonyl (C=O) groups is 1. The molecule has 1 amide bonds. The first-order chi connectivity index (χ1) is 11.5. The van der Waals surface area contributed by atoms with Gasteiger partial charge in [-0.1, -0.05) is 23.7 Å². The summed E-state index contributed by atoms with van der Waals surface area (Å²) >= 11 is 5.99. The molecular weight excluding hydrogens is 326 g/mol. The number of nitrogens with one attached hydrogen (secondary N) is 1. The number of amides is 1. The molecule has 2 aromatic carbocycles. The topological polar surface area (TPSA) is 47.6 Å². The standard InChI is InChI=1S/C19H22ClNO3/c1-4-23-16-7-5-6-15(11-16)12-21-19(22)14(3)24-17-8-9-18(20)13(2)10-17/h5-11,14H,4,12H2,1-3H3,(H,21,22)/t14-/m1/s1. The van der Waals surface area contributed by atoms with Crippen molar-refractivity contribution in [3.63, 3.8) is 0 Å². The van der Waals surface area contributed by atoms with E-state index < -0.39 is 6.10 Å². The van der Waals surface area contributed by atoms with Gasteiger partial charge in [0, 0.05) is 11.6 Å². The molecule has 0 aliphatic carbocycles. The third-order valence-electron chi connectivity index (χ3n) is 3.49. The average molecular weight is 348 g/mol. The summed E-state index contributed by atoms with van der Waals surface area (Å²) < 4.78 is 11.1. The molecule has 0 unspecified atom stereocenters. The van der Waals surface area contributed by atoms with Crippen molar-refractivity contribution in [1.82, 2.24) is 5.32 Å². The number of hydrogen-bond acceptors (Lipinski definition) is 3. The molecule has 2 aromatic rings. The smallest absolute Gasteiger partial charge is 0.261 e. The number of rotatable bonds is 7. The summed E-state index contributed by atoms with van der Waals surface area (Å²) in [5.74, 6) is 1.24. The third kappa shape index (κ3) is 5.17. The van der Waals surface area contributed by atoms with Crippen LogP contribution in [0.2, 0.25) is 5.02 Å². The van der Waals surface area contributed by atoms with Crippen molar-refractivity contribution < 1.29 is 14.3 Å². The van der Waals surface area contributed by atoms with Crippen molar-refractivity contribution >= 4 is 17.5 Å². The molecule has 5 heteroatoms. The zero-order chi connectivity index (χ0) is 17.5. The van der Waals surface area contributed by atoms with Gasteiger partial charge in [-0.25, -0.2) is 0 Å². The van der Waals surface area contributed by atoms with E-state index in [9.17, 15) is 4.79 Å². The molecule has 2 rings (SSSR count). The van der Waals surface area contributed by atoms with E-state index in [2.05, 4.69) is 5.32 Å². The van der Waals surface area contributed by atoms with Gasteiger partial charge < -0.3 is 14.8 Å². The fraction of sp³-hybridized carbons (Fsp3) is 0.316. The van der Waals surface area contributed by atoms with Crippen LogP contribution in [0, 0.1) is 6.92 Å². The molecule has 24 heavy (non-hydrogen) atoms.